The highest BCUT2D eigenvalue weighted by atomic mass is 28.4. The molecule has 0 saturated carbocycles. The van der Waals surface area contributed by atoms with Gasteiger partial charge in [-0.1, -0.05) is 12.1 Å². The summed E-state index contributed by atoms with van der Waals surface area (Å²) in [6, 6.07) is 6.50. The molecule has 0 bridgehead atoms. The summed E-state index contributed by atoms with van der Waals surface area (Å²) in [6.07, 6.45) is -0.494. The third kappa shape index (κ3) is 5.01. The van der Waals surface area contributed by atoms with E-state index >= 15 is 0 Å². The van der Waals surface area contributed by atoms with Crippen LogP contribution in [0.15, 0.2) is 24.3 Å². The molecule has 0 heterocycles. The SMILES string of the molecule is C[Si](C)(C)OC(Cc1ccc(O)cc1)C(=O)O. The van der Waals surface area contributed by atoms with Gasteiger partial charge < -0.3 is 14.6 Å². The highest BCUT2D eigenvalue weighted by Gasteiger charge is 2.26. The first kappa shape index (κ1) is 13.7. The minimum atomic E-state index is -1.88. The average Bonchev–Trinajstić information content (AvgIpc) is 2.18. The molecule has 1 rings (SSSR count). The minimum Gasteiger partial charge on any atom is -0.508 e. The first-order valence-corrected chi connectivity index (χ1v) is 8.87. The van der Waals surface area contributed by atoms with Gasteiger partial charge in [0.25, 0.3) is 0 Å². The van der Waals surface area contributed by atoms with E-state index in [2.05, 4.69) is 0 Å². The van der Waals surface area contributed by atoms with Gasteiger partial charge in [-0.15, -0.1) is 0 Å². The van der Waals surface area contributed by atoms with Crippen molar-refractivity contribution in [2.45, 2.75) is 32.2 Å². The predicted octanol–water partition coefficient (Wildman–Crippen LogP) is 2.24. The molecular formula is C12H18O4Si. The molecule has 0 aliphatic carbocycles. The Hall–Kier alpha value is -1.33. The van der Waals surface area contributed by atoms with E-state index in [0.29, 0.717) is 6.42 Å². The number of hydrogen-bond donors (Lipinski definition) is 2. The molecule has 2 N–H and O–H groups in total. The van der Waals surface area contributed by atoms with E-state index in [4.69, 9.17) is 14.6 Å². The van der Waals surface area contributed by atoms with Crippen LogP contribution in [-0.2, 0) is 15.6 Å². The number of phenols is 1. The topological polar surface area (TPSA) is 66.8 Å². The summed E-state index contributed by atoms with van der Waals surface area (Å²) >= 11 is 0. The first-order valence-electron chi connectivity index (χ1n) is 5.46. The van der Waals surface area contributed by atoms with E-state index in [1.165, 1.54) is 0 Å². The van der Waals surface area contributed by atoms with E-state index in [9.17, 15) is 4.79 Å². The van der Waals surface area contributed by atoms with Gasteiger partial charge in [0, 0.05) is 6.42 Å². The lowest BCUT2D eigenvalue weighted by atomic mass is 10.1. The Morgan fingerprint density at radius 2 is 1.82 bits per heavy atom. The zero-order chi connectivity index (χ0) is 13.1. The zero-order valence-electron chi connectivity index (χ0n) is 10.3. The normalized spacial score (nSPS) is 13.4. The van der Waals surface area contributed by atoms with Crippen molar-refractivity contribution in [3.05, 3.63) is 29.8 Å². The molecule has 0 radical (unpaired) electrons. The molecule has 0 fully saturated rings. The lowest BCUT2D eigenvalue weighted by molar-refractivity contribution is -0.145. The van der Waals surface area contributed by atoms with Gasteiger partial charge in [0.1, 0.15) is 11.9 Å². The largest absolute Gasteiger partial charge is 0.508 e. The van der Waals surface area contributed by atoms with Gasteiger partial charge in [-0.3, -0.25) is 0 Å². The molecule has 17 heavy (non-hydrogen) atoms. The van der Waals surface area contributed by atoms with Gasteiger partial charge >= 0.3 is 5.97 Å². The highest BCUT2D eigenvalue weighted by molar-refractivity contribution is 6.69. The summed E-state index contributed by atoms with van der Waals surface area (Å²) in [6.45, 7) is 5.87. The van der Waals surface area contributed by atoms with Crippen LogP contribution < -0.4 is 0 Å². The van der Waals surface area contributed by atoms with Crippen LogP contribution in [0.3, 0.4) is 0 Å². The molecule has 0 saturated heterocycles. The Labute approximate surface area is 102 Å². The number of rotatable bonds is 5. The highest BCUT2D eigenvalue weighted by Crippen LogP contribution is 2.15. The maximum absolute atomic E-state index is 11.1. The van der Waals surface area contributed by atoms with E-state index in [0.717, 1.165) is 5.56 Å². The van der Waals surface area contributed by atoms with Crippen LogP contribution >= 0.6 is 0 Å². The quantitative estimate of drug-likeness (QED) is 0.791. The van der Waals surface area contributed by atoms with Crippen molar-refractivity contribution < 1.29 is 19.4 Å². The van der Waals surface area contributed by atoms with E-state index in [1.54, 1.807) is 24.3 Å². The third-order valence-electron chi connectivity index (χ3n) is 2.13. The summed E-state index contributed by atoms with van der Waals surface area (Å²) < 4.78 is 5.61. The fourth-order valence-corrected chi connectivity index (χ4v) is 2.49. The number of phenolic OH excluding ortho intramolecular Hbond substituents is 1. The summed E-state index contributed by atoms with van der Waals surface area (Å²) in [4.78, 5) is 11.1. The Morgan fingerprint density at radius 3 is 2.24 bits per heavy atom. The van der Waals surface area contributed by atoms with Crippen molar-refractivity contribution in [2.24, 2.45) is 0 Å². The number of carboxylic acid groups (broad SMARTS) is 1. The van der Waals surface area contributed by atoms with Gasteiger partial charge in [0.2, 0.25) is 0 Å². The Morgan fingerprint density at radius 1 is 1.29 bits per heavy atom. The average molecular weight is 254 g/mol. The van der Waals surface area contributed by atoms with Gasteiger partial charge in [0.15, 0.2) is 8.32 Å². The van der Waals surface area contributed by atoms with Crippen molar-refractivity contribution in [2.75, 3.05) is 0 Å². The summed E-state index contributed by atoms with van der Waals surface area (Å²) in [7, 11) is -1.88. The Balaban J connectivity index is 2.73. The first-order chi connectivity index (χ1) is 7.78. The fraction of sp³-hybridized carbons (Fsp3) is 0.417. The number of hydrogen-bond acceptors (Lipinski definition) is 3. The fourth-order valence-electron chi connectivity index (χ4n) is 1.45. The van der Waals surface area contributed by atoms with E-state index in [1.807, 2.05) is 19.6 Å². The van der Waals surface area contributed by atoms with Crippen LogP contribution in [0.25, 0.3) is 0 Å². The molecular weight excluding hydrogens is 236 g/mol. The van der Waals surface area contributed by atoms with Crippen molar-refractivity contribution >= 4 is 14.3 Å². The number of carboxylic acids is 1. The maximum Gasteiger partial charge on any atom is 0.331 e. The molecule has 94 valence electrons. The van der Waals surface area contributed by atoms with Gasteiger partial charge in [-0.25, -0.2) is 4.79 Å². The molecule has 1 atom stereocenters. The maximum atomic E-state index is 11.1. The molecule has 0 spiro atoms. The molecule has 4 nitrogen and oxygen atoms in total. The van der Waals surface area contributed by atoms with Gasteiger partial charge in [-0.2, -0.15) is 0 Å². The van der Waals surface area contributed by atoms with Gasteiger partial charge in [0.05, 0.1) is 0 Å². The molecule has 0 amide bonds. The van der Waals surface area contributed by atoms with Crippen LogP contribution in [0.4, 0.5) is 0 Å². The molecule has 0 aliphatic rings. The van der Waals surface area contributed by atoms with Gasteiger partial charge in [-0.05, 0) is 37.3 Å². The van der Waals surface area contributed by atoms with Crippen molar-refractivity contribution in [1.29, 1.82) is 0 Å². The summed E-state index contributed by atoms with van der Waals surface area (Å²) in [5, 5.41) is 18.2. The smallest absolute Gasteiger partial charge is 0.331 e. The number of benzene rings is 1. The van der Waals surface area contributed by atoms with Crippen molar-refractivity contribution in [1.82, 2.24) is 0 Å². The monoisotopic (exact) mass is 254 g/mol. The lowest BCUT2D eigenvalue weighted by Gasteiger charge is -2.23. The molecule has 5 heteroatoms. The molecule has 1 aromatic carbocycles. The van der Waals surface area contributed by atoms with E-state index < -0.39 is 20.4 Å². The van der Waals surface area contributed by atoms with Crippen molar-refractivity contribution in [3.63, 3.8) is 0 Å². The lowest BCUT2D eigenvalue weighted by Crippen LogP contribution is -2.37. The summed E-state index contributed by atoms with van der Waals surface area (Å²) in [5.41, 5.74) is 0.841. The second-order valence-corrected chi connectivity index (χ2v) is 9.39. The molecule has 0 aliphatic heterocycles. The predicted molar refractivity (Wildman–Crippen MR) is 67.7 cm³/mol. The molecule has 1 unspecified atom stereocenters. The minimum absolute atomic E-state index is 0.173. The second-order valence-electron chi connectivity index (χ2n) is 4.93. The summed E-state index contributed by atoms with van der Waals surface area (Å²) in [5.74, 6) is -0.771. The van der Waals surface area contributed by atoms with E-state index in [-0.39, 0.29) is 5.75 Å². The Bertz CT molecular complexity index is 380. The van der Waals surface area contributed by atoms with Crippen LogP contribution in [0.2, 0.25) is 19.6 Å². The van der Waals surface area contributed by atoms with Crippen LogP contribution in [-0.4, -0.2) is 30.6 Å². The number of aliphatic carboxylic acids is 1. The molecule has 1 aromatic rings. The molecule has 0 aromatic heterocycles. The number of carbonyl (C=O) groups is 1. The standard InChI is InChI=1S/C12H18O4Si/c1-17(2,3)16-11(12(14)15)8-9-4-6-10(13)7-5-9/h4-7,11,13H,8H2,1-3H3,(H,14,15). The van der Waals surface area contributed by atoms with Crippen LogP contribution in [0.5, 0.6) is 5.75 Å². The van der Waals surface area contributed by atoms with Crippen LogP contribution in [0.1, 0.15) is 5.56 Å². The second kappa shape index (κ2) is 5.33. The van der Waals surface area contributed by atoms with Crippen LogP contribution in [0, 0.1) is 0 Å². The number of aromatic hydroxyl groups is 1. The third-order valence-corrected chi connectivity index (χ3v) is 3.12. The zero-order valence-corrected chi connectivity index (χ0v) is 11.3. The van der Waals surface area contributed by atoms with Crippen molar-refractivity contribution in [3.8, 4) is 5.75 Å². The Kier molecular flexibility index (Phi) is 4.31.